The van der Waals surface area contributed by atoms with Crippen molar-refractivity contribution in [1.29, 1.82) is 0 Å². The van der Waals surface area contributed by atoms with E-state index in [-0.39, 0.29) is 0 Å². The number of aliphatic imine (C=N–C) groups is 1. The van der Waals surface area contributed by atoms with Gasteiger partial charge in [0.1, 0.15) is 0 Å². The molecule has 0 N–H and O–H groups in total. The second kappa shape index (κ2) is 5.33. The van der Waals surface area contributed by atoms with E-state index in [4.69, 9.17) is 0 Å². The quantitative estimate of drug-likeness (QED) is 0.452. The van der Waals surface area contributed by atoms with Gasteiger partial charge in [0.05, 0.1) is 5.54 Å². The second-order valence-electron chi connectivity index (χ2n) is 4.42. The largest absolute Gasteiger partial charge is 0.235 e. The third-order valence-electron chi connectivity index (χ3n) is 2.23. The third-order valence-corrected chi connectivity index (χ3v) is 3.32. The lowest BCUT2D eigenvalue weighted by atomic mass is 9.95. The first-order chi connectivity index (χ1) is 7.47. The van der Waals surface area contributed by atoms with Crippen molar-refractivity contribution in [1.82, 2.24) is 0 Å². The van der Waals surface area contributed by atoms with Crippen LogP contribution >= 0.6 is 11.8 Å². The summed E-state index contributed by atoms with van der Waals surface area (Å²) in [6.45, 7) is 8.16. The van der Waals surface area contributed by atoms with Crippen molar-refractivity contribution >= 4 is 17.8 Å². The summed E-state index contributed by atoms with van der Waals surface area (Å²) in [5.74, 6) is 0. The number of benzene rings is 1. The molecular weight excluding hydrogens is 218 g/mol. The number of hydrogen-bond acceptors (Lipinski definition) is 3. The summed E-state index contributed by atoms with van der Waals surface area (Å²) in [5, 5.41) is 0.511. The Labute approximate surface area is 101 Å². The van der Waals surface area contributed by atoms with Crippen molar-refractivity contribution in [3.63, 3.8) is 0 Å². The van der Waals surface area contributed by atoms with Gasteiger partial charge in [0.2, 0.25) is 6.08 Å². The highest BCUT2D eigenvalue weighted by Gasteiger charge is 2.22. The minimum Gasteiger partial charge on any atom is -0.211 e. The second-order valence-corrected chi connectivity index (χ2v) is 6.04. The Balaban J connectivity index is 3.17. The maximum atomic E-state index is 10.4. The number of thioether (sulfide) groups is 1. The molecule has 0 aromatic heterocycles. The Morgan fingerprint density at radius 1 is 1.31 bits per heavy atom. The zero-order valence-electron chi connectivity index (χ0n) is 10.2. The summed E-state index contributed by atoms with van der Waals surface area (Å²) in [7, 11) is 0. The van der Waals surface area contributed by atoms with Crippen LogP contribution in [0.1, 0.15) is 33.3 Å². The van der Waals surface area contributed by atoms with Crippen LogP contribution < -0.4 is 0 Å². The van der Waals surface area contributed by atoms with E-state index >= 15 is 0 Å². The van der Waals surface area contributed by atoms with Crippen LogP contribution in [0.2, 0.25) is 0 Å². The van der Waals surface area contributed by atoms with Gasteiger partial charge in [0.15, 0.2) is 0 Å². The highest BCUT2D eigenvalue weighted by molar-refractivity contribution is 8.00. The predicted octanol–water partition coefficient (Wildman–Crippen LogP) is 3.76. The summed E-state index contributed by atoms with van der Waals surface area (Å²) < 4.78 is 0. The van der Waals surface area contributed by atoms with Gasteiger partial charge >= 0.3 is 0 Å². The highest BCUT2D eigenvalue weighted by atomic mass is 32.2. The van der Waals surface area contributed by atoms with E-state index in [0.717, 1.165) is 5.56 Å². The summed E-state index contributed by atoms with van der Waals surface area (Å²) in [5.41, 5.74) is 0.581. The molecule has 3 heteroatoms. The molecule has 2 nitrogen and oxygen atoms in total. The number of carbonyl (C=O) groups excluding carboxylic acids is 1. The van der Waals surface area contributed by atoms with E-state index in [1.807, 2.05) is 32.0 Å². The molecule has 0 amide bonds. The van der Waals surface area contributed by atoms with Crippen molar-refractivity contribution in [2.45, 2.75) is 43.4 Å². The molecule has 0 saturated carbocycles. The molecule has 0 aliphatic heterocycles. The fraction of sp³-hybridized carbons (Fsp3) is 0.462. The molecule has 0 atom stereocenters. The molecule has 16 heavy (non-hydrogen) atoms. The van der Waals surface area contributed by atoms with Crippen LogP contribution in [-0.4, -0.2) is 11.3 Å². The predicted molar refractivity (Wildman–Crippen MR) is 68.6 cm³/mol. The molecule has 0 unspecified atom stereocenters. The lowest BCUT2D eigenvalue weighted by Gasteiger charge is -2.22. The fourth-order valence-corrected chi connectivity index (χ4v) is 2.61. The summed E-state index contributed by atoms with van der Waals surface area (Å²) in [4.78, 5) is 15.5. The SMILES string of the molecule is CC(C)Sc1ccccc1C(C)(C)N=C=O. The first kappa shape index (κ1) is 13.0. The number of hydrogen-bond donors (Lipinski definition) is 0. The van der Waals surface area contributed by atoms with E-state index in [2.05, 4.69) is 24.9 Å². The molecule has 0 bridgehead atoms. The van der Waals surface area contributed by atoms with Gasteiger partial charge in [-0.25, -0.2) is 4.79 Å². The van der Waals surface area contributed by atoms with Gasteiger partial charge in [-0.1, -0.05) is 32.0 Å². The van der Waals surface area contributed by atoms with Crippen molar-refractivity contribution in [3.8, 4) is 0 Å². The molecule has 86 valence electrons. The maximum absolute atomic E-state index is 10.4. The maximum Gasteiger partial charge on any atom is 0.235 e. The number of isocyanates is 1. The van der Waals surface area contributed by atoms with E-state index in [1.54, 1.807) is 17.8 Å². The molecule has 0 fully saturated rings. The van der Waals surface area contributed by atoms with Crippen LogP contribution in [0, 0.1) is 0 Å². The molecule has 1 aromatic rings. The zero-order valence-corrected chi connectivity index (χ0v) is 11.0. The minimum absolute atomic E-state index is 0.500. The Hall–Kier alpha value is -1.05. The molecule has 0 heterocycles. The van der Waals surface area contributed by atoms with E-state index in [9.17, 15) is 4.79 Å². The van der Waals surface area contributed by atoms with Gasteiger partial charge < -0.3 is 0 Å². The van der Waals surface area contributed by atoms with Crippen LogP contribution in [-0.2, 0) is 10.3 Å². The summed E-state index contributed by atoms with van der Waals surface area (Å²) in [6.07, 6.45) is 1.65. The van der Waals surface area contributed by atoms with E-state index in [1.165, 1.54) is 4.90 Å². The Morgan fingerprint density at radius 3 is 2.50 bits per heavy atom. The highest BCUT2D eigenvalue weighted by Crippen LogP contribution is 2.34. The lowest BCUT2D eigenvalue weighted by Crippen LogP contribution is -2.15. The van der Waals surface area contributed by atoms with Crippen LogP contribution in [0.5, 0.6) is 0 Å². The van der Waals surface area contributed by atoms with E-state index < -0.39 is 5.54 Å². The number of rotatable bonds is 4. The Bertz CT molecular complexity index is 406. The monoisotopic (exact) mass is 235 g/mol. The normalized spacial score (nSPS) is 11.3. The summed E-state index contributed by atoms with van der Waals surface area (Å²) in [6, 6.07) is 8.07. The van der Waals surface area contributed by atoms with Gasteiger partial charge in [-0.15, -0.1) is 11.8 Å². The van der Waals surface area contributed by atoms with Crippen molar-refractivity contribution < 1.29 is 4.79 Å². The van der Waals surface area contributed by atoms with Gasteiger partial charge in [0.25, 0.3) is 0 Å². The zero-order chi connectivity index (χ0) is 12.2. The average molecular weight is 235 g/mol. The molecule has 1 rings (SSSR count). The van der Waals surface area contributed by atoms with Crippen molar-refractivity contribution in [3.05, 3.63) is 29.8 Å². The topological polar surface area (TPSA) is 29.4 Å². The van der Waals surface area contributed by atoms with Crippen LogP contribution in [0.25, 0.3) is 0 Å². The molecule has 0 aliphatic carbocycles. The Kier molecular flexibility index (Phi) is 4.34. The van der Waals surface area contributed by atoms with Crippen molar-refractivity contribution in [2.75, 3.05) is 0 Å². The Morgan fingerprint density at radius 2 is 1.94 bits per heavy atom. The fourth-order valence-electron chi connectivity index (χ4n) is 1.50. The minimum atomic E-state index is -0.500. The smallest absolute Gasteiger partial charge is 0.211 e. The molecule has 0 radical (unpaired) electrons. The van der Waals surface area contributed by atoms with Crippen LogP contribution in [0.3, 0.4) is 0 Å². The van der Waals surface area contributed by atoms with Gasteiger partial charge in [0, 0.05) is 10.1 Å². The molecule has 0 aliphatic rings. The van der Waals surface area contributed by atoms with Crippen LogP contribution in [0.15, 0.2) is 34.2 Å². The van der Waals surface area contributed by atoms with Gasteiger partial charge in [-0.2, -0.15) is 4.99 Å². The average Bonchev–Trinajstić information content (AvgIpc) is 2.17. The lowest BCUT2D eigenvalue weighted by molar-refractivity contribution is 0.517. The van der Waals surface area contributed by atoms with Gasteiger partial charge in [-0.3, -0.25) is 0 Å². The standard InChI is InChI=1S/C13H17NOS/c1-10(2)16-12-8-6-5-7-11(12)13(3,4)14-9-15/h5-8,10H,1-4H3. The van der Waals surface area contributed by atoms with Crippen molar-refractivity contribution in [2.24, 2.45) is 4.99 Å². The van der Waals surface area contributed by atoms with E-state index in [0.29, 0.717) is 5.25 Å². The van der Waals surface area contributed by atoms with Crippen LogP contribution in [0.4, 0.5) is 0 Å². The first-order valence-electron chi connectivity index (χ1n) is 5.32. The first-order valence-corrected chi connectivity index (χ1v) is 6.20. The molecule has 1 aromatic carbocycles. The van der Waals surface area contributed by atoms with Gasteiger partial charge in [-0.05, 0) is 25.5 Å². The molecule has 0 saturated heterocycles. The number of nitrogens with zero attached hydrogens (tertiary/aromatic N) is 1. The molecule has 0 spiro atoms. The third kappa shape index (κ3) is 3.22. The summed E-state index contributed by atoms with van der Waals surface area (Å²) >= 11 is 1.79. The molecular formula is C13H17NOS.